The van der Waals surface area contributed by atoms with Gasteiger partial charge in [0, 0.05) is 16.3 Å². The fourth-order valence-electron chi connectivity index (χ4n) is 3.52. The second-order valence-electron chi connectivity index (χ2n) is 6.90. The van der Waals surface area contributed by atoms with Gasteiger partial charge in [0.25, 0.3) is 0 Å². The van der Waals surface area contributed by atoms with Gasteiger partial charge >= 0.3 is 6.18 Å². The highest BCUT2D eigenvalue weighted by Crippen LogP contribution is 2.39. The molecule has 3 aromatic rings. The van der Waals surface area contributed by atoms with Gasteiger partial charge in [0.15, 0.2) is 0 Å². The van der Waals surface area contributed by atoms with Crippen molar-refractivity contribution < 1.29 is 26.4 Å². The maximum absolute atomic E-state index is 13.0. The van der Waals surface area contributed by atoms with Crippen LogP contribution in [0.25, 0.3) is 0 Å². The van der Waals surface area contributed by atoms with E-state index in [4.69, 9.17) is 0 Å². The van der Waals surface area contributed by atoms with Crippen LogP contribution < -0.4 is 4.72 Å². The number of sulfonamides is 1. The summed E-state index contributed by atoms with van der Waals surface area (Å²) in [5, 5.41) is 3.88. The predicted octanol–water partition coefficient (Wildman–Crippen LogP) is 4.28. The first kappa shape index (κ1) is 22.0. The molecule has 1 aromatic carbocycles. The van der Waals surface area contributed by atoms with Gasteiger partial charge in [0.1, 0.15) is 0 Å². The molecular weight excluding hydrogens is 469 g/mol. The summed E-state index contributed by atoms with van der Waals surface area (Å²) >= 11 is 3.13. The molecule has 1 amide bonds. The summed E-state index contributed by atoms with van der Waals surface area (Å²) in [6.45, 7) is -0.111. The molecule has 0 saturated heterocycles. The zero-order chi connectivity index (χ0) is 22.2. The molecule has 1 atom stereocenters. The molecule has 3 heterocycles. The number of nitrogens with one attached hydrogen (secondary N) is 1. The van der Waals surface area contributed by atoms with Gasteiger partial charge in [-0.1, -0.05) is 12.1 Å². The molecule has 0 radical (unpaired) electrons. The average Bonchev–Trinajstić information content (AvgIpc) is 3.42. The Morgan fingerprint density at radius 1 is 1.13 bits per heavy atom. The van der Waals surface area contributed by atoms with E-state index in [2.05, 4.69) is 4.72 Å². The highest BCUT2D eigenvalue weighted by Gasteiger charge is 2.34. The minimum atomic E-state index is -4.67. The van der Waals surface area contributed by atoms with Crippen LogP contribution in [0.5, 0.6) is 0 Å². The van der Waals surface area contributed by atoms with Crippen molar-refractivity contribution in [1.29, 1.82) is 0 Å². The van der Waals surface area contributed by atoms with Crippen LogP contribution >= 0.6 is 22.7 Å². The number of hydrogen-bond donors (Lipinski definition) is 1. The lowest BCUT2D eigenvalue weighted by molar-refractivity contribution is -0.137. The van der Waals surface area contributed by atoms with Gasteiger partial charge in [-0.3, -0.25) is 4.79 Å². The van der Waals surface area contributed by atoms with Crippen molar-refractivity contribution in [3.05, 3.63) is 74.1 Å². The van der Waals surface area contributed by atoms with Crippen LogP contribution in [-0.2, 0) is 27.4 Å². The summed E-state index contributed by atoms with van der Waals surface area (Å²) in [4.78, 5) is 16.2. The number of halogens is 3. The van der Waals surface area contributed by atoms with Crippen LogP contribution in [-0.4, -0.2) is 32.3 Å². The summed E-state index contributed by atoms with van der Waals surface area (Å²) in [5.74, 6) is -0.439. The summed E-state index contributed by atoms with van der Waals surface area (Å²) in [6.07, 6.45) is -4.00. The van der Waals surface area contributed by atoms with Crippen molar-refractivity contribution in [3.63, 3.8) is 0 Å². The van der Waals surface area contributed by atoms with Gasteiger partial charge in [-0.2, -0.15) is 13.2 Å². The topological polar surface area (TPSA) is 66.5 Å². The number of alkyl halides is 3. The molecule has 0 spiro atoms. The molecule has 4 rings (SSSR count). The molecule has 1 aliphatic rings. The zero-order valence-electron chi connectivity index (χ0n) is 15.9. The predicted molar refractivity (Wildman–Crippen MR) is 113 cm³/mol. The van der Waals surface area contributed by atoms with Gasteiger partial charge < -0.3 is 4.90 Å². The van der Waals surface area contributed by atoms with Crippen LogP contribution in [0.15, 0.2) is 58.1 Å². The number of benzene rings is 1. The number of carbonyl (C=O) groups is 1. The van der Waals surface area contributed by atoms with Crippen LogP contribution in [0.2, 0.25) is 0 Å². The lowest BCUT2D eigenvalue weighted by Gasteiger charge is -2.35. The summed E-state index contributed by atoms with van der Waals surface area (Å²) < 4.78 is 65.9. The molecule has 0 bridgehead atoms. The molecule has 2 aromatic heterocycles. The second kappa shape index (κ2) is 8.38. The molecule has 31 heavy (non-hydrogen) atoms. The Balaban J connectivity index is 1.53. The number of hydrogen-bond acceptors (Lipinski definition) is 5. The third kappa shape index (κ3) is 4.54. The second-order valence-corrected chi connectivity index (χ2v) is 10.7. The first-order valence-corrected chi connectivity index (χ1v) is 12.5. The fourth-order valence-corrected chi connectivity index (χ4v) is 6.30. The normalized spacial score (nSPS) is 16.9. The smallest absolute Gasteiger partial charge is 0.329 e. The van der Waals surface area contributed by atoms with Crippen LogP contribution in [0, 0.1) is 0 Å². The van der Waals surface area contributed by atoms with E-state index >= 15 is 0 Å². The van der Waals surface area contributed by atoms with Gasteiger partial charge in [-0.25, -0.2) is 13.1 Å². The van der Waals surface area contributed by atoms with E-state index in [-0.39, 0.29) is 6.04 Å². The largest absolute Gasteiger partial charge is 0.416 e. The molecule has 1 N–H and O–H groups in total. The van der Waals surface area contributed by atoms with Gasteiger partial charge in [0.05, 0.1) is 23.0 Å². The number of fused-ring (bicyclic) bond motifs is 1. The average molecular weight is 487 g/mol. The van der Waals surface area contributed by atoms with E-state index < -0.39 is 39.1 Å². The fraction of sp³-hybridized carbons (Fsp3) is 0.250. The first-order chi connectivity index (χ1) is 14.7. The lowest BCUT2D eigenvalue weighted by atomic mass is 9.98. The Morgan fingerprint density at radius 3 is 2.65 bits per heavy atom. The monoisotopic (exact) mass is 486 g/mol. The van der Waals surface area contributed by atoms with Gasteiger partial charge in [-0.15, -0.1) is 22.7 Å². The lowest BCUT2D eigenvalue weighted by Crippen LogP contribution is -2.45. The van der Waals surface area contributed by atoms with Crippen molar-refractivity contribution in [1.82, 2.24) is 9.62 Å². The summed E-state index contributed by atoms with van der Waals surface area (Å²) in [7, 11) is -4.29. The maximum Gasteiger partial charge on any atom is 0.416 e. The van der Waals surface area contributed by atoms with E-state index in [1.165, 1.54) is 16.2 Å². The van der Waals surface area contributed by atoms with E-state index in [1.54, 1.807) is 16.2 Å². The molecule has 11 heteroatoms. The first-order valence-electron chi connectivity index (χ1n) is 9.23. The molecule has 5 nitrogen and oxygen atoms in total. The number of rotatable bonds is 5. The summed E-state index contributed by atoms with van der Waals surface area (Å²) in [5.41, 5.74) is -0.0479. The molecule has 0 aliphatic carbocycles. The number of thiophene rings is 2. The van der Waals surface area contributed by atoms with Gasteiger partial charge in [0.2, 0.25) is 15.9 Å². The Hall–Kier alpha value is -2.21. The molecule has 164 valence electrons. The quantitative estimate of drug-likeness (QED) is 0.586. The molecule has 1 aliphatic heterocycles. The molecule has 1 unspecified atom stereocenters. The van der Waals surface area contributed by atoms with Crippen molar-refractivity contribution in [2.24, 2.45) is 0 Å². The Bertz CT molecular complexity index is 1190. The van der Waals surface area contributed by atoms with Gasteiger partial charge in [-0.05, 0) is 53.1 Å². The van der Waals surface area contributed by atoms with E-state index in [9.17, 15) is 26.4 Å². The summed E-state index contributed by atoms with van der Waals surface area (Å²) in [6, 6.07) is 8.91. The number of carbonyl (C=O) groups excluding carboxylic acids is 1. The van der Waals surface area contributed by atoms with Crippen molar-refractivity contribution >= 4 is 38.6 Å². The van der Waals surface area contributed by atoms with Crippen LogP contribution in [0.4, 0.5) is 13.2 Å². The van der Waals surface area contributed by atoms with Crippen LogP contribution in [0.3, 0.4) is 0 Å². The minimum Gasteiger partial charge on any atom is -0.329 e. The highest BCUT2D eigenvalue weighted by atomic mass is 32.2. The van der Waals surface area contributed by atoms with Crippen molar-refractivity contribution in [2.75, 3.05) is 13.1 Å². The third-order valence-electron chi connectivity index (χ3n) is 4.98. The Kier molecular flexibility index (Phi) is 5.95. The Morgan fingerprint density at radius 2 is 1.94 bits per heavy atom. The van der Waals surface area contributed by atoms with Crippen LogP contribution in [0.1, 0.15) is 26.9 Å². The highest BCUT2D eigenvalue weighted by molar-refractivity contribution is 7.89. The maximum atomic E-state index is 13.0. The van der Waals surface area contributed by atoms with Crippen molar-refractivity contribution in [3.8, 4) is 0 Å². The number of amides is 1. The van der Waals surface area contributed by atoms with E-state index in [1.807, 2.05) is 29.0 Å². The standard InChI is InChI=1S/C20H17F3N2O3S3/c21-20(22,23)13-3-1-4-14(11-13)31(27,28)24-12-18(26)25-8-6-16-15(7-10-30-16)19(25)17-5-2-9-29-17/h1-5,7,9-11,19,24H,6,8,12H2. The minimum absolute atomic E-state index is 0.305. The molecule has 0 saturated carbocycles. The third-order valence-corrected chi connectivity index (χ3v) is 8.30. The Labute approximate surface area is 185 Å². The van der Waals surface area contributed by atoms with E-state index in [0.29, 0.717) is 19.0 Å². The SMILES string of the molecule is O=C(CNS(=O)(=O)c1cccc(C(F)(F)F)c1)N1CCc2sccc2C1c1cccs1. The zero-order valence-corrected chi connectivity index (χ0v) is 18.4. The molecular formula is C20H17F3N2O3S3. The molecule has 0 fully saturated rings. The number of nitrogens with zero attached hydrogens (tertiary/aromatic N) is 1. The van der Waals surface area contributed by atoms with Crippen molar-refractivity contribution in [2.45, 2.75) is 23.5 Å². The van der Waals surface area contributed by atoms with E-state index in [0.717, 1.165) is 28.6 Å².